The second kappa shape index (κ2) is 5.74. The van der Waals surface area contributed by atoms with Crippen LogP contribution in [0.2, 0.25) is 0 Å². The number of hydrogen-bond acceptors (Lipinski definition) is 4. The van der Waals surface area contributed by atoms with Crippen LogP contribution in [0.5, 0.6) is 0 Å². The lowest BCUT2D eigenvalue weighted by atomic mass is 9.90. The fourth-order valence-electron chi connectivity index (χ4n) is 3.76. The molecule has 0 atom stereocenters. The summed E-state index contributed by atoms with van der Waals surface area (Å²) in [5.41, 5.74) is 2.25. The maximum atomic E-state index is 12.6. The van der Waals surface area contributed by atoms with Crippen LogP contribution in [0.15, 0.2) is 29.5 Å². The Morgan fingerprint density at radius 1 is 1.29 bits per heavy atom. The largest absolute Gasteiger partial charge is 0.354 e. The zero-order valence-corrected chi connectivity index (χ0v) is 13.5. The molecule has 128 valence electrons. The van der Waals surface area contributed by atoms with Crippen LogP contribution in [0.3, 0.4) is 0 Å². The molecule has 3 aromatic rings. The molecule has 0 aromatic carbocycles. The molecule has 1 amide bonds. The zero-order valence-electron chi connectivity index (χ0n) is 13.5. The first kappa shape index (κ1) is 14.9. The topological polar surface area (TPSA) is 92.7 Å². The predicted molar refractivity (Wildman–Crippen MR) is 95.0 cm³/mol. The van der Waals surface area contributed by atoms with E-state index in [4.69, 9.17) is 0 Å². The Balaban J connectivity index is 0.00000121. The van der Waals surface area contributed by atoms with Crippen LogP contribution in [0.1, 0.15) is 41.5 Å². The van der Waals surface area contributed by atoms with Gasteiger partial charge in [0, 0.05) is 33.4 Å². The van der Waals surface area contributed by atoms with E-state index in [1.54, 1.807) is 13.1 Å². The number of carbonyl (C=O) groups excluding carboxylic acids is 1. The van der Waals surface area contributed by atoms with Gasteiger partial charge in [-0.25, -0.2) is 9.97 Å². The molecule has 0 aliphatic heterocycles. The van der Waals surface area contributed by atoms with Gasteiger partial charge in [-0.1, -0.05) is 0 Å². The molecule has 1 aliphatic rings. The van der Waals surface area contributed by atoms with Crippen molar-refractivity contribution in [2.24, 2.45) is 0 Å². The highest BCUT2D eigenvalue weighted by Gasteiger charge is 2.25. The highest BCUT2D eigenvalue weighted by atomic mass is 16.1. The summed E-state index contributed by atoms with van der Waals surface area (Å²) in [5.74, 6) is 0.00471. The van der Waals surface area contributed by atoms with Crippen LogP contribution < -0.4 is 10.9 Å². The van der Waals surface area contributed by atoms with E-state index in [0.29, 0.717) is 0 Å². The molecule has 1 aliphatic carbocycles. The van der Waals surface area contributed by atoms with Crippen molar-refractivity contribution in [1.82, 2.24) is 24.8 Å². The van der Waals surface area contributed by atoms with Crippen LogP contribution in [-0.2, 0) is 4.79 Å². The third-order valence-corrected chi connectivity index (χ3v) is 4.80. The number of amides is 1. The molecule has 0 unspecified atom stereocenters. The van der Waals surface area contributed by atoms with Crippen LogP contribution in [0.25, 0.3) is 22.1 Å². The van der Waals surface area contributed by atoms with Crippen molar-refractivity contribution in [3.05, 3.63) is 35.0 Å². The minimum atomic E-state index is -0.0841. The first-order valence-corrected chi connectivity index (χ1v) is 8.24. The Hall–Kier alpha value is -2.70. The summed E-state index contributed by atoms with van der Waals surface area (Å²) in [6.07, 6.45) is 8.38. The van der Waals surface area contributed by atoms with Crippen molar-refractivity contribution < 1.29 is 7.65 Å². The number of nitrogens with zero attached hydrogens (tertiary/aromatic N) is 3. The maximum absolute atomic E-state index is 12.6. The van der Waals surface area contributed by atoms with E-state index in [2.05, 4.69) is 20.3 Å². The summed E-state index contributed by atoms with van der Waals surface area (Å²) >= 11 is 0. The normalized spacial score (nSPS) is 21.2. The number of aromatic amines is 1. The van der Waals surface area contributed by atoms with Gasteiger partial charge in [-0.05, 0) is 31.7 Å². The molecule has 7 heteroatoms. The quantitative estimate of drug-likeness (QED) is 0.755. The van der Waals surface area contributed by atoms with Gasteiger partial charge in [0.2, 0.25) is 5.91 Å². The molecule has 7 nitrogen and oxygen atoms in total. The number of H-pyrrole nitrogens is 1. The Morgan fingerprint density at radius 3 is 2.83 bits per heavy atom. The number of pyridine rings is 1. The number of hydrogen-bond donors (Lipinski definition) is 2. The van der Waals surface area contributed by atoms with Gasteiger partial charge in [-0.3, -0.25) is 9.59 Å². The predicted octanol–water partition coefficient (Wildman–Crippen LogP) is 2.38. The van der Waals surface area contributed by atoms with Crippen molar-refractivity contribution >= 4 is 28.0 Å². The van der Waals surface area contributed by atoms with Gasteiger partial charge in [0.15, 0.2) is 0 Å². The number of fused-ring (bicyclic) bond motifs is 3. The lowest BCUT2D eigenvalue weighted by molar-refractivity contribution is -0.119. The first-order chi connectivity index (χ1) is 11.6. The Labute approximate surface area is 141 Å². The van der Waals surface area contributed by atoms with Gasteiger partial charge in [-0.15, -0.1) is 0 Å². The van der Waals surface area contributed by atoms with E-state index in [-0.39, 0.29) is 26.4 Å². The van der Waals surface area contributed by atoms with Crippen LogP contribution in [0, 0.1) is 0 Å². The molecular formula is C17H23N5O2. The fourth-order valence-corrected chi connectivity index (χ4v) is 3.76. The number of carbonyl (C=O) groups is 1. The van der Waals surface area contributed by atoms with Crippen molar-refractivity contribution in [2.75, 3.05) is 0 Å². The van der Waals surface area contributed by atoms with E-state index < -0.39 is 0 Å². The van der Waals surface area contributed by atoms with Crippen molar-refractivity contribution in [3.8, 4) is 0 Å². The van der Waals surface area contributed by atoms with Gasteiger partial charge in [0.25, 0.3) is 5.56 Å². The second-order valence-corrected chi connectivity index (χ2v) is 6.40. The number of rotatable bonds is 2. The molecule has 2 N–H and O–H groups in total. The number of aromatic nitrogens is 4. The zero-order chi connectivity index (χ0) is 16.7. The summed E-state index contributed by atoms with van der Waals surface area (Å²) in [6, 6.07) is 2.26. The molecule has 4 rings (SSSR count). The summed E-state index contributed by atoms with van der Waals surface area (Å²) in [5, 5.41) is 3.90. The molecule has 0 bridgehead atoms. The molecule has 3 aromatic heterocycles. The van der Waals surface area contributed by atoms with E-state index in [1.807, 2.05) is 16.8 Å². The number of nitrogens with one attached hydrogen (secondary N) is 2. The van der Waals surface area contributed by atoms with Gasteiger partial charge < -0.3 is 14.9 Å². The van der Waals surface area contributed by atoms with Crippen molar-refractivity contribution in [2.45, 2.75) is 44.7 Å². The Morgan fingerprint density at radius 2 is 2.08 bits per heavy atom. The Bertz CT molecular complexity index is 976. The fraction of sp³-hybridized carbons (Fsp3) is 0.412. The molecule has 0 radical (unpaired) electrons. The van der Waals surface area contributed by atoms with Gasteiger partial charge >= 0.3 is 0 Å². The molecule has 24 heavy (non-hydrogen) atoms. The maximum Gasteiger partial charge on any atom is 0.269 e. The van der Waals surface area contributed by atoms with Crippen LogP contribution in [-0.4, -0.2) is 31.5 Å². The van der Waals surface area contributed by atoms with Crippen LogP contribution >= 0.6 is 0 Å². The highest BCUT2D eigenvalue weighted by molar-refractivity contribution is 6.00. The molecule has 0 saturated heterocycles. The standard InChI is InChI=1S/C17H19N5O2.2H2/c1-10(23)21-11-2-4-12(5-3-11)22-15(24)9-19-14-8-20-17-13(16(14)22)6-7-18-17;;/h6-9,11-12H,2-5H2,1H3,(H,18,20)(H,21,23);2*1H. The molecule has 3 heterocycles. The van der Waals surface area contributed by atoms with E-state index in [9.17, 15) is 9.59 Å². The van der Waals surface area contributed by atoms with E-state index in [0.717, 1.165) is 47.8 Å². The molecule has 1 saturated carbocycles. The van der Waals surface area contributed by atoms with Crippen LogP contribution in [0.4, 0.5) is 0 Å². The molecule has 1 fully saturated rings. The second-order valence-electron chi connectivity index (χ2n) is 6.40. The average molecular weight is 329 g/mol. The highest BCUT2D eigenvalue weighted by Crippen LogP contribution is 2.31. The lowest BCUT2D eigenvalue weighted by Gasteiger charge is -2.30. The summed E-state index contributed by atoms with van der Waals surface area (Å²) < 4.78 is 1.87. The average Bonchev–Trinajstić information content (AvgIpc) is 3.04. The Kier molecular flexibility index (Phi) is 3.55. The van der Waals surface area contributed by atoms with Crippen molar-refractivity contribution in [3.63, 3.8) is 0 Å². The SMILES string of the molecule is CC(=O)NC1CCC(n2c(=O)cnc3cnc4[nH]ccc4c32)CC1.[HH].[HH]. The molecule has 0 spiro atoms. The third-order valence-electron chi connectivity index (χ3n) is 4.80. The van der Waals surface area contributed by atoms with Gasteiger partial charge in [0.1, 0.15) is 11.2 Å². The smallest absolute Gasteiger partial charge is 0.269 e. The minimum absolute atomic E-state index is 0. The summed E-state index contributed by atoms with van der Waals surface area (Å²) in [7, 11) is 0. The monoisotopic (exact) mass is 329 g/mol. The van der Waals surface area contributed by atoms with Gasteiger partial charge in [0.05, 0.1) is 17.9 Å². The van der Waals surface area contributed by atoms with Crippen molar-refractivity contribution in [1.29, 1.82) is 0 Å². The lowest BCUT2D eigenvalue weighted by Crippen LogP contribution is -2.38. The first-order valence-electron chi connectivity index (χ1n) is 8.24. The molecular weight excluding hydrogens is 306 g/mol. The third kappa shape index (κ3) is 2.46. The van der Waals surface area contributed by atoms with Gasteiger partial charge in [-0.2, -0.15) is 0 Å². The summed E-state index contributed by atoms with van der Waals surface area (Å²) in [6.45, 7) is 1.54. The van der Waals surface area contributed by atoms with E-state index >= 15 is 0 Å². The summed E-state index contributed by atoms with van der Waals surface area (Å²) in [4.78, 5) is 35.5. The van der Waals surface area contributed by atoms with E-state index in [1.165, 1.54) is 6.20 Å². The minimum Gasteiger partial charge on any atom is -0.354 e.